The minimum atomic E-state index is -0.624. The zero-order valence-corrected chi connectivity index (χ0v) is 15.1. The Kier molecular flexibility index (Phi) is 9.35. The number of allylic oxidation sites excluding steroid dienone is 1. The van der Waals surface area contributed by atoms with Crippen molar-refractivity contribution in [3.63, 3.8) is 0 Å². The van der Waals surface area contributed by atoms with E-state index in [4.69, 9.17) is 14.2 Å². The van der Waals surface area contributed by atoms with Gasteiger partial charge in [0, 0.05) is 7.11 Å². The van der Waals surface area contributed by atoms with Gasteiger partial charge in [-0.05, 0) is 31.7 Å². The third kappa shape index (κ3) is 5.77. The number of benzene rings is 1. The van der Waals surface area contributed by atoms with E-state index in [9.17, 15) is 4.79 Å². The molecule has 0 fully saturated rings. The Morgan fingerprint density at radius 3 is 2.54 bits per heavy atom. The maximum Gasteiger partial charge on any atom is 0.312 e. The molecule has 0 bridgehead atoms. The van der Waals surface area contributed by atoms with Crippen LogP contribution in [0.1, 0.15) is 51.2 Å². The predicted octanol–water partition coefficient (Wildman–Crippen LogP) is 4.66. The first-order chi connectivity index (χ1) is 11.6. The molecule has 0 aromatic heterocycles. The molecule has 1 rings (SSSR count). The summed E-state index contributed by atoms with van der Waals surface area (Å²) in [7, 11) is 1.59. The van der Waals surface area contributed by atoms with Crippen LogP contribution in [0.15, 0.2) is 43.0 Å². The zero-order chi connectivity index (χ0) is 17.8. The summed E-state index contributed by atoms with van der Waals surface area (Å²) in [6, 6.07) is 9.92. The highest BCUT2D eigenvalue weighted by atomic mass is 16.7. The van der Waals surface area contributed by atoms with Gasteiger partial charge in [-0.3, -0.25) is 4.79 Å². The van der Waals surface area contributed by atoms with E-state index in [2.05, 4.69) is 13.5 Å². The molecule has 4 nitrogen and oxygen atoms in total. The maximum atomic E-state index is 12.7. The van der Waals surface area contributed by atoms with Gasteiger partial charge in [-0.25, -0.2) is 0 Å². The molecule has 0 spiro atoms. The number of carbonyl (C=O) groups is 1. The van der Waals surface area contributed by atoms with Gasteiger partial charge in [-0.2, -0.15) is 0 Å². The average molecular weight is 334 g/mol. The third-order valence-electron chi connectivity index (χ3n) is 4.11. The minimum Gasteiger partial charge on any atom is -0.466 e. The van der Waals surface area contributed by atoms with E-state index in [1.54, 1.807) is 13.2 Å². The molecular weight excluding hydrogens is 304 g/mol. The summed E-state index contributed by atoms with van der Waals surface area (Å²) in [5, 5.41) is 0. The highest BCUT2D eigenvalue weighted by Gasteiger charge is 2.40. The van der Waals surface area contributed by atoms with Crippen LogP contribution in [-0.2, 0) is 19.0 Å². The van der Waals surface area contributed by atoms with Crippen LogP contribution in [0.5, 0.6) is 0 Å². The Morgan fingerprint density at radius 1 is 1.29 bits per heavy atom. The van der Waals surface area contributed by atoms with Crippen molar-refractivity contribution in [2.24, 2.45) is 5.41 Å². The van der Waals surface area contributed by atoms with E-state index in [0.717, 1.165) is 18.4 Å². The van der Waals surface area contributed by atoms with Crippen LogP contribution in [0.3, 0.4) is 0 Å². The summed E-state index contributed by atoms with van der Waals surface area (Å²) in [5.41, 5.74) is 0.407. The van der Waals surface area contributed by atoms with Crippen LogP contribution in [0.25, 0.3) is 0 Å². The molecule has 1 aromatic carbocycles. The highest BCUT2D eigenvalue weighted by molar-refractivity contribution is 5.77. The fourth-order valence-electron chi connectivity index (χ4n) is 3.04. The molecule has 0 aliphatic rings. The normalized spacial score (nSPS) is 14.6. The Labute approximate surface area is 145 Å². The van der Waals surface area contributed by atoms with Crippen LogP contribution in [0.2, 0.25) is 0 Å². The molecule has 0 aliphatic heterocycles. The van der Waals surface area contributed by atoms with Gasteiger partial charge in [0.05, 0.1) is 18.1 Å². The number of ether oxygens (including phenoxy) is 3. The molecule has 24 heavy (non-hydrogen) atoms. The summed E-state index contributed by atoms with van der Waals surface area (Å²) in [6.45, 7) is 8.30. The van der Waals surface area contributed by atoms with Crippen LogP contribution < -0.4 is 0 Å². The number of esters is 1. The van der Waals surface area contributed by atoms with E-state index in [0.29, 0.717) is 19.4 Å². The van der Waals surface area contributed by atoms with Gasteiger partial charge in [-0.15, -0.1) is 6.58 Å². The Hall–Kier alpha value is -1.65. The number of methoxy groups -OCH3 is 1. The lowest BCUT2D eigenvalue weighted by atomic mass is 9.74. The molecule has 0 aliphatic carbocycles. The van der Waals surface area contributed by atoms with Crippen molar-refractivity contribution in [3.05, 3.63) is 48.6 Å². The smallest absolute Gasteiger partial charge is 0.312 e. The standard InChI is InChI=1S/C20H30O4/c1-5-13-20(14-6-2,19(21)23-7-3)15-18(24-16-22-4)17-11-9-8-10-12-17/h5,8-12,18H,1,6-7,13-16H2,2-4H3/t18-,20+/m1/s1. The molecule has 0 N–H and O–H groups in total. The first-order valence-corrected chi connectivity index (χ1v) is 8.57. The van der Waals surface area contributed by atoms with Crippen LogP contribution in [0, 0.1) is 5.41 Å². The average Bonchev–Trinajstić information content (AvgIpc) is 2.59. The summed E-state index contributed by atoms with van der Waals surface area (Å²) in [4.78, 5) is 12.7. The highest BCUT2D eigenvalue weighted by Crippen LogP contribution is 2.41. The second-order valence-electron chi connectivity index (χ2n) is 5.92. The molecule has 0 amide bonds. The number of hydrogen-bond acceptors (Lipinski definition) is 4. The van der Waals surface area contributed by atoms with Crippen molar-refractivity contribution >= 4 is 5.97 Å². The van der Waals surface area contributed by atoms with E-state index in [1.807, 2.05) is 37.3 Å². The van der Waals surface area contributed by atoms with E-state index in [1.165, 1.54) is 0 Å². The quantitative estimate of drug-likeness (QED) is 0.317. The third-order valence-corrected chi connectivity index (χ3v) is 4.11. The number of rotatable bonds is 12. The van der Waals surface area contributed by atoms with E-state index in [-0.39, 0.29) is 18.9 Å². The first kappa shape index (κ1) is 20.4. The van der Waals surface area contributed by atoms with Gasteiger partial charge in [0.15, 0.2) is 0 Å². The van der Waals surface area contributed by atoms with Crippen molar-refractivity contribution in [1.29, 1.82) is 0 Å². The van der Waals surface area contributed by atoms with Crippen molar-refractivity contribution in [3.8, 4) is 0 Å². The maximum absolute atomic E-state index is 12.7. The van der Waals surface area contributed by atoms with Crippen LogP contribution >= 0.6 is 0 Å². The minimum absolute atomic E-state index is 0.173. The molecule has 4 heteroatoms. The van der Waals surface area contributed by atoms with E-state index < -0.39 is 5.41 Å². The summed E-state index contributed by atoms with van der Waals surface area (Å²) in [6.07, 6.45) is 4.29. The summed E-state index contributed by atoms with van der Waals surface area (Å²) < 4.78 is 16.3. The number of hydrogen-bond donors (Lipinski definition) is 0. The lowest BCUT2D eigenvalue weighted by molar-refractivity contribution is -0.161. The summed E-state index contributed by atoms with van der Waals surface area (Å²) >= 11 is 0. The largest absolute Gasteiger partial charge is 0.466 e. The molecule has 0 unspecified atom stereocenters. The lowest BCUT2D eigenvalue weighted by Crippen LogP contribution is -2.35. The molecule has 0 heterocycles. The molecule has 2 atom stereocenters. The van der Waals surface area contributed by atoms with Gasteiger partial charge < -0.3 is 14.2 Å². The second-order valence-corrected chi connectivity index (χ2v) is 5.92. The van der Waals surface area contributed by atoms with Crippen molar-refractivity contribution in [2.45, 2.75) is 45.6 Å². The van der Waals surface area contributed by atoms with Crippen molar-refractivity contribution < 1.29 is 19.0 Å². The SMILES string of the molecule is C=CC[C@](CCC)(C[C@@H](OCOC)c1ccccc1)C(=O)OCC. The Balaban J connectivity index is 3.12. The van der Waals surface area contributed by atoms with Gasteiger partial charge in [0.1, 0.15) is 6.79 Å². The fraction of sp³-hybridized carbons (Fsp3) is 0.550. The topological polar surface area (TPSA) is 44.8 Å². The molecule has 1 aromatic rings. The van der Waals surface area contributed by atoms with Crippen LogP contribution in [0.4, 0.5) is 0 Å². The summed E-state index contributed by atoms with van der Waals surface area (Å²) in [5.74, 6) is -0.173. The van der Waals surface area contributed by atoms with Crippen molar-refractivity contribution in [2.75, 3.05) is 20.5 Å². The van der Waals surface area contributed by atoms with Gasteiger partial charge in [0.25, 0.3) is 0 Å². The van der Waals surface area contributed by atoms with Crippen molar-refractivity contribution in [1.82, 2.24) is 0 Å². The molecular formula is C20H30O4. The monoisotopic (exact) mass is 334 g/mol. The molecule has 134 valence electrons. The van der Waals surface area contributed by atoms with E-state index >= 15 is 0 Å². The predicted molar refractivity (Wildman–Crippen MR) is 95.5 cm³/mol. The molecule has 0 saturated heterocycles. The Bertz CT molecular complexity index is 486. The molecule has 0 saturated carbocycles. The first-order valence-electron chi connectivity index (χ1n) is 8.57. The number of carbonyl (C=O) groups excluding carboxylic acids is 1. The lowest BCUT2D eigenvalue weighted by Gasteiger charge is -2.34. The van der Waals surface area contributed by atoms with Gasteiger partial charge >= 0.3 is 5.97 Å². The van der Waals surface area contributed by atoms with Crippen LogP contribution in [-0.4, -0.2) is 26.5 Å². The Morgan fingerprint density at radius 2 is 2.00 bits per heavy atom. The van der Waals surface area contributed by atoms with Gasteiger partial charge in [-0.1, -0.05) is 49.8 Å². The molecule has 0 radical (unpaired) electrons. The van der Waals surface area contributed by atoms with Gasteiger partial charge in [0.2, 0.25) is 0 Å². The zero-order valence-electron chi connectivity index (χ0n) is 15.1. The fourth-order valence-corrected chi connectivity index (χ4v) is 3.04. The second kappa shape index (κ2) is 11.0.